The molecule has 0 aliphatic heterocycles. The molecular formula is C23H16ClN3O2. The van der Waals surface area contributed by atoms with E-state index >= 15 is 0 Å². The highest BCUT2D eigenvalue weighted by molar-refractivity contribution is 6.33. The molecule has 0 spiro atoms. The van der Waals surface area contributed by atoms with Crippen LogP contribution in [0.4, 0.5) is 5.69 Å². The molecule has 0 saturated carbocycles. The second-order valence-corrected chi connectivity index (χ2v) is 6.75. The number of para-hydroxylation sites is 1. The van der Waals surface area contributed by atoms with Crippen molar-refractivity contribution in [2.24, 2.45) is 0 Å². The first-order valence-electron chi connectivity index (χ1n) is 8.94. The van der Waals surface area contributed by atoms with Crippen molar-refractivity contribution in [3.8, 4) is 11.3 Å². The zero-order valence-corrected chi connectivity index (χ0v) is 16.0. The van der Waals surface area contributed by atoms with E-state index in [1.54, 1.807) is 60.7 Å². The van der Waals surface area contributed by atoms with Gasteiger partial charge in [-0.05, 0) is 24.3 Å². The number of halogens is 1. The van der Waals surface area contributed by atoms with Gasteiger partial charge in [-0.25, -0.2) is 0 Å². The van der Waals surface area contributed by atoms with Crippen LogP contribution in [-0.4, -0.2) is 21.9 Å². The number of ketones is 1. The number of hydrogen-bond donors (Lipinski definition) is 2. The second-order valence-electron chi connectivity index (χ2n) is 6.34. The van der Waals surface area contributed by atoms with Gasteiger partial charge in [-0.3, -0.25) is 14.7 Å². The predicted molar refractivity (Wildman–Crippen MR) is 113 cm³/mol. The summed E-state index contributed by atoms with van der Waals surface area (Å²) in [4.78, 5) is 25.6. The number of H-pyrrole nitrogens is 1. The van der Waals surface area contributed by atoms with Gasteiger partial charge in [0.25, 0.3) is 5.91 Å². The molecule has 29 heavy (non-hydrogen) atoms. The number of aromatic amines is 1. The predicted octanol–water partition coefficient (Wildman–Crippen LogP) is 5.21. The number of amides is 1. The molecular weight excluding hydrogens is 386 g/mol. The van der Waals surface area contributed by atoms with Crippen molar-refractivity contribution in [2.75, 3.05) is 5.32 Å². The number of anilines is 1. The zero-order valence-electron chi connectivity index (χ0n) is 15.2. The molecule has 5 nitrogen and oxygen atoms in total. The Hall–Kier alpha value is -3.70. The van der Waals surface area contributed by atoms with E-state index < -0.39 is 5.91 Å². The van der Waals surface area contributed by atoms with Gasteiger partial charge in [0.15, 0.2) is 5.78 Å². The standard InChI is InChI=1S/C23H16ClN3O2/c24-18-12-6-4-10-16(18)20-14-21(27-26-20)23(29)25-19-13-7-5-11-17(19)22(28)15-8-2-1-3-9-15/h1-14H,(H,25,29)(H,26,27). The summed E-state index contributed by atoms with van der Waals surface area (Å²) in [6.07, 6.45) is 0. The van der Waals surface area contributed by atoms with Crippen LogP contribution in [0.3, 0.4) is 0 Å². The average molecular weight is 402 g/mol. The molecule has 1 aromatic heterocycles. The van der Waals surface area contributed by atoms with Crippen LogP contribution in [0.1, 0.15) is 26.4 Å². The topological polar surface area (TPSA) is 74.8 Å². The van der Waals surface area contributed by atoms with Crippen molar-refractivity contribution in [3.05, 3.63) is 107 Å². The smallest absolute Gasteiger partial charge is 0.273 e. The molecule has 2 N–H and O–H groups in total. The van der Waals surface area contributed by atoms with Gasteiger partial charge in [0.1, 0.15) is 5.69 Å². The fraction of sp³-hybridized carbons (Fsp3) is 0. The second kappa shape index (κ2) is 8.12. The van der Waals surface area contributed by atoms with Gasteiger partial charge in [0.05, 0.1) is 16.4 Å². The lowest BCUT2D eigenvalue weighted by Crippen LogP contribution is -2.15. The molecule has 1 heterocycles. The minimum absolute atomic E-state index is 0.164. The first-order chi connectivity index (χ1) is 14.1. The summed E-state index contributed by atoms with van der Waals surface area (Å²) in [6, 6.07) is 24.7. The van der Waals surface area contributed by atoms with Crippen molar-refractivity contribution < 1.29 is 9.59 Å². The van der Waals surface area contributed by atoms with Crippen molar-refractivity contribution in [2.45, 2.75) is 0 Å². The molecule has 0 aliphatic carbocycles. The number of aromatic nitrogens is 2. The molecule has 6 heteroatoms. The highest BCUT2D eigenvalue weighted by Gasteiger charge is 2.17. The van der Waals surface area contributed by atoms with Crippen molar-refractivity contribution in [3.63, 3.8) is 0 Å². The minimum Gasteiger partial charge on any atom is -0.320 e. The van der Waals surface area contributed by atoms with Gasteiger partial charge in [-0.15, -0.1) is 0 Å². The summed E-state index contributed by atoms with van der Waals surface area (Å²) in [5.41, 5.74) is 2.95. The van der Waals surface area contributed by atoms with Crippen LogP contribution in [0.15, 0.2) is 84.9 Å². The Morgan fingerprint density at radius 1 is 0.862 bits per heavy atom. The maximum atomic E-state index is 12.8. The Bertz CT molecular complexity index is 1190. The number of benzene rings is 3. The summed E-state index contributed by atoms with van der Waals surface area (Å²) in [7, 11) is 0. The van der Waals surface area contributed by atoms with Gasteiger partial charge >= 0.3 is 0 Å². The normalized spacial score (nSPS) is 10.5. The maximum absolute atomic E-state index is 12.8. The molecule has 0 atom stereocenters. The lowest BCUT2D eigenvalue weighted by molar-refractivity contribution is 0.102. The van der Waals surface area contributed by atoms with Crippen LogP contribution in [0.2, 0.25) is 5.02 Å². The SMILES string of the molecule is O=C(Nc1ccccc1C(=O)c1ccccc1)c1cc(-c2ccccc2Cl)n[nH]1. The summed E-state index contributed by atoms with van der Waals surface area (Å²) >= 11 is 6.20. The van der Waals surface area contributed by atoms with Crippen LogP contribution < -0.4 is 5.32 Å². The third-order valence-electron chi connectivity index (χ3n) is 4.43. The van der Waals surface area contributed by atoms with Gasteiger partial charge in [0, 0.05) is 16.7 Å². The number of hydrogen-bond acceptors (Lipinski definition) is 3. The minimum atomic E-state index is -0.399. The largest absolute Gasteiger partial charge is 0.320 e. The third-order valence-corrected chi connectivity index (χ3v) is 4.76. The first kappa shape index (κ1) is 18.7. The Morgan fingerprint density at radius 3 is 2.34 bits per heavy atom. The summed E-state index contributed by atoms with van der Waals surface area (Å²) in [6.45, 7) is 0. The lowest BCUT2D eigenvalue weighted by Gasteiger charge is -2.09. The van der Waals surface area contributed by atoms with Gasteiger partial charge in [-0.1, -0.05) is 72.3 Å². The van der Waals surface area contributed by atoms with E-state index in [-0.39, 0.29) is 11.5 Å². The van der Waals surface area contributed by atoms with Crippen LogP contribution in [0.25, 0.3) is 11.3 Å². The van der Waals surface area contributed by atoms with E-state index in [0.717, 1.165) is 5.56 Å². The molecule has 3 aromatic carbocycles. The zero-order chi connectivity index (χ0) is 20.2. The maximum Gasteiger partial charge on any atom is 0.273 e. The molecule has 0 saturated heterocycles. The Balaban J connectivity index is 1.59. The van der Waals surface area contributed by atoms with Crippen LogP contribution in [-0.2, 0) is 0 Å². The van der Waals surface area contributed by atoms with Crippen molar-refractivity contribution in [1.82, 2.24) is 10.2 Å². The molecule has 0 bridgehead atoms. The van der Waals surface area contributed by atoms with E-state index in [9.17, 15) is 9.59 Å². The van der Waals surface area contributed by atoms with Crippen molar-refractivity contribution >= 4 is 29.0 Å². The molecule has 142 valence electrons. The van der Waals surface area contributed by atoms with Crippen molar-refractivity contribution in [1.29, 1.82) is 0 Å². The molecule has 0 unspecified atom stereocenters. The molecule has 0 aliphatic rings. The van der Waals surface area contributed by atoms with Crippen LogP contribution >= 0.6 is 11.6 Å². The number of nitrogens with one attached hydrogen (secondary N) is 2. The molecule has 4 aromatic rings. The van der Waals surface area contributed by atoms with E-state index in [1.165, 1.54) is 0 Å². The molecule has 0 radical (unpaired) electrons. The number of rotatable bonds is 5. The van der Waals surface area contributed by atoms with Gasteiger partial charge in [-0.2, -0.15) is 5.10 Å². The number of carbonyl (C=O) groups is 2. The van der Waals surface area contributed by atoms with Gasteiger partial charge < -0.3 is 5.32 Å². The monoisotopic (exact) mass is 401 g/mol. The fourth-order valence-electron chi connectivity index (χ4n) is 2.97. The van der Waals surface area contributed by atoms with Crippen LogP contribution in [0.5, 0.6) is 0 Å². The Kier molecular flexibility index (Phi) is 5.22. The number of nitrogens with zero attached hydrogens (tertiary/aromatic N) is 1. The average Bonchev–Trinajstić information content (AvgIpc) is 3.25. The van der Waals surface area contributed by atoms with E-state index in [2.05, 4.69) is 15.5 Å². The number of carbonyl (C=O) groups excluding carboxylic acids is 2. The summed E-state index contributed by atoms with van der Waals surface area (Å²) < 4.78 is 0. The molecule has 4 rings (SSSR count). The summed E-state index contributed by atoms with van der Waals surface area (Å²) in [5, 5.41) is 10.2. The first-order valence-corrected chi connectivity index (χ1v) is 9.32. The van der Waals surface area contributed by atoms with Gasteiger partial charge in [0.2, 0.25) is 0 Å². The van der Waals surface area contributed by atoms with Crippen LogP contribution in [0, 0.1) is 0 Å². The molecule has 0 fully saturated rings. The van der Waals surface area contributed by atoms with E-state index in [4.69, 9.17) is 11.6 Å². The summed E-state index contributed by atoms with van der Waals surface area (Å²) in [5.74, 6) is -0.563. The Morgan fingerprint density at radius 2 is 1.55 bits per heavy atom. The fourth-order valence-corrected chi connectivity index (χ4v) is 3.20. The van der Waals surface area contributed by atoms with E-state index in [0.29, 0.717) is 27.5 Å². The third kappa shape index (κ3) is 3.95. The Labute approximate surface area is 172 Å². The highest BCUT2D eigenvalue weighted by atomic mass is 35.5. The van der Waals surface area contributed by atoms with E-state index in [1.807, 2.05) is 24.3 Å². The molecule has 1 amide bonds. The quantitative estimate of drug-likeness (QED) is 0.450. The lowest BCUT2D eigenvalue weighted by atomic mass is 10.0. The highest BCUT2D eigenvalue weighted by Crippen LogP contribution is 2.26.